The lowest BCUT2D eigenvalue weighted by molar-refractivity contribution is -0.220. The first-order chi connectivity index (χ1) is 8.60. The third-order valence-corrected chi connectivity index (χ3v) is 2.78. The molecule has 0 fully saturated rings. The molecule has 0 saturated carbocycles. The molecule has 1 rings (SSSR count). The fourth-order valence-electron chi connectivity index (χ4n) is 1.63. The topological polar surface area (TPSA) is 65.0 Å². The number of ether oxygens (including phenoxy) is 3. The molecule has 19 heavy (non-hydrogen) atoms. The van der Waals surface area contributed by atoms with Crippen molar-refractivity contribution in [3.63, 3.8) is 0 Å². The maximum absolute atomic E-state index is 14.1. The van der Waals surface area contributed by atoms with Crippen molar-refractivity contribution in [2.24, 2.45) is 0 Å². The summed E-state index contributed by atoms with van der Waals surface area (Å²) in [6.45, 7) is 5.49. The van der Waals surface area contributed by atoms with Gasteiger partial charge in [-0.2, -0.15) is 8.78 Å². The maximum Gasteiger partial charge on any atom is 0.380 e. The number of halogens is 2. The van der Waals surface area contributed by atoms with Crippen LogP contribution in [-0.2, 0) is 19.0 Å². The third-order valence-electron chi connectivity index (χ3n) is 2.78. The van der Waals surface area contributed by atoms with E-state index >= 15 is 0 Å². The van der Waals surface area contributed by atoms with E-state index in [9.17, 15) is 18.7 Å². The van der Waals surface area contributed by atoms with Gasteiger partial charge in [0.05, 0.1) is 6.61 Å². The summed E-state index contributed by atoms with van der Waals surface area (Å²) >= 11 is 0. The van der Waals surface area contributed by atoms with E-state index in [1.54, 1.807) is 0 Å². The van der Waals surface area contributed by atoms with Gasteiger partial charge in [-0.25, -0.2) is 4.79 Å². The summed E-state index contributed by atoms with van der Waals surface area (Å²) in [5.41, 5.74) is -2.80. The zero-order valence-corrected chi connectivity index (χ0v) is 11.3. The predicted octanol–water partition coefficient (Wildman–Crippen LogP) is 1.95. The molecule has 7 heteroatoms. The van der Waals surface area contributed by atoms with E-state index in [0.717, 1.165) is 6.26 Å². The van der Waals surface area contributed by atoms with Crippen LogP contribution in [0.15, 0.2) is 12.0 Å². The van der Waals surface area contributed by atoms with E-state index < -0.39 is 35.5 Å². The molecule has 0 aromatic heterocycles. The number of aliphatic hydroxyl groups is 1. The summed E-state index contributed by atoms with van der Waals surface area (Å²) in [4.78, 5) is 11.3. The minimum atomic E-state index is -4.13. The molecule has 1 unspecified atom stereocenters. The standard InChI is InChI=1S/C12H18F2O5/c1-5-11(16,8-7-18-10(3,4)19-8)12(13,14)9(15)17-6-2/h7,16H,5-6H2,1-4H3. The van der Waals surface area contributed by atoms with Crippen LogP contribution in [0.25, 0.3) is 0 Å². The Morgan fingerprint density at radius 2 is 2.05 bits per heavy atom. The molecule has 0 aliphatic carbocycles. The lowest BCUT2D eigenvalue weighted by atomic mass is 9.90. The van der Waals surface area contributed by atoms with E-state index in [4.69, 9.17) is 9.47 Å². The van der Waals surface area contributed by atoms with Crippen LogP contribution >= 0.6 is 0 Å². The minimum absolute atomic E-state index is 0.212. The summed E-state index contributed by atoms with van der Waals surface area (Å²) in [6, 6.07) is 0. The van der Waals surface area contributed by atoms with Crippen molar-refractivity contribution in [3.8, 4) is 0 Å². The van der Waals surface area contributed by atoms with Crippen molar-refractivity contribution in [1.29, 1.82) is 0 Å². The van der Waals surface area contributed by atoms with Gasteiger partial charge in [-0.1, -0.05) is 6.92 Å². The average molecular weight is 280 g/mol. The Morgan fingerprint density at radius 1 is 1.47 bits per heavy atom. The van der Waals surface area contributed by atoms with Gasteiger partial charge in [0.1, 0.15) is 6.26 Å². The summed E-state index contributed by atoms with van der Waals surface area (Å²) in [7, 11) is 0. The first kappa shape index (κ1) is 15.7. The molecule has 0 spiro atoms. The second-order valence-corrected chi connectivity index (χ2v) is 4.61. The SMILES string of the molecule is CCOC(=O)C(F)(F)C(O)(CC)C1=COC(C)(C)O1. The molecule has 1 N–H and O–H groups in total. The Labute approximate surface area is 110 Å². The van der Waals surface area contributed by atoms with Crippen LogP contribution in [0, 0.1) is 0 Å². The number of rotatable bonds is 5. The molecule has 0 bridgehead atoms. The Hall–Kier alpha value is -1.37. The molecular formula is C12H18F2O5. The van der Waals surface area contributed by atoms with Gasteiger partial charge >= 0.3 is 11.9 Å². The normalized spacial score (nSPS) is 20.9. The number of hydrogen-bond acceptors (Lipinski definition) is 5. The Balaban J connectivity index is 3.07. The van der Waals surface area contributed by atoms with Gasteiger partial charge < -0.3 is 19.3 Å². The van der Waals surface area contributed by atoms with Gasteiger partial charge in [-0.3, -0.25) is 0 Å². The third kappa shape index (κ3) is 2.65. The molecule has 0 aromatic carbocycles. The van der Waals surface area contributed by atoms with Crippen molar-refractivity contribution in [3.05, 3.63) is 12.0 Å². The first-order valence-corrected chi connectivity index (χ1v) is 5.95. The molecule has 0 radical (unpaired) electrons. The fourth-order valence-corrected chi connectivity index (χ4v) is 1.63. The van der Waals surface area contributed by atoms with Crippen LogP contribution in [0.5, 0.6) is 0 Å². The lowest BCUT2D eigenvalue weighted by Gasteiger charge is -2.33. The van der Waals surface area contributed by atoms with Gasteiger partial charge in [0.2, 0.25) is 5.79 Å². The highest BCUT2D eigenvalue weighted by Crippen LogP contribution is 2.43. The van der Waals surface area contributed by atoms with E-state index in [1.807, 2.05) is 0 Å². The highest BCUT2D eigenvalue weighted by atomic mass is 19.3. The molecule has 0 amide bonds. The van der Waals surface area contributed by atoms with E-state index in [2.05, 4.69) is 4.74 Å². The van der Waals surface area contributed by atoms with Gasteiger partial charge in [-0.05, 0) is 13.3 Å². The van der Waals surface area contributed by atoms with Gasteiger partial charge in [0, 0.05) is 13.8 Å². The van der Waals surface area contributed by atoms with Gasteiger partial charge in [0.15, 0.2) is 11.4 Å². The van der Waals surface area contributed by atoms with Crippen molar-refractivity contribution in [1.82, 2.24) is 0 Å². The molecule has 1 aliphatic rings. The number of carbonyl (C=O) groups excluding carboxylic acids is 1. The van der Waals surface area contributed by atoms with E-state index in [-0.39, 0.29) is 6.61 Å². The number of hydrogen-bond donors (Lipinski definition) is 1. The van der Waals surface area contributed by atoms with Gasteiger partial charge in [-0.15, -0.1) is 0 Å². The summed E-state index contributed by atoms with van der Waals surface area (Å²) in [5.74, 6) is -7.58. The molecule has 0 saturated heterocycles. The summed E-state index contributed by atoms with van der Waals surface area (Å²) < 4.78 is 42.5. The zero-order chi connectivity index (χ0) is 14.9. The Morgan fingerprint density at radius 3 is 2.42 bits per heavy atom. The molecule has 0 aromatic rings. The second-order valence-electron chi connectivity index (χ2n) is 4.61. The van der Waals surface area contributed by atoms with Crippen LogP contribution in [0.1, 0.15) is 34.1 Å². The summed E-state index contributed by atoms with van der Waals surface area (Å²) in [6.07, 6.45) is 0.459. The van der Waals surface area contributed by atoms with E-state index in [1.165, 1.54) is 27.7 Å². The van der Waals surface area contributed by atoms with Crippen LogP contribution in [-0.4, -0.2) is 35.0 Å². The maximum atomic E-state index is 14.1. The highest BCUT2D eigenvalue weighted by molar-refractivity contribution is 5.80. The Bertz CT molecular complexity index is 392. The molecule has 1 atom stereocenters. The van der Waals surface area contributed by atoms with Crippen LogP contribution in [0.2, 0.25) is 0 Å². The second kappa shape index (κ2) is 4.96. The number of alkyl halides is 2. The van der Waals surface area contributed by atoms with Crippen molar-refractivity contribution < 1.29 is 32.9 Å². The molecular weight excluding hydrogens is 262 g/mol. The predicted molar refractivity (Wildman–Crippen MR) is 61.2 cm³/mol. The van der Waals surface area contributed by atoms with E-state index in [0.29, 0.717) is 0 Å². The summed E-state index contributed by atoms with van der Waals surface area (Å²) in [5, 5.41) is 10.2. The highest BCUT2D eigenvalue weighted by Gasteiger charge is 2.63. The van der Waals surface area contributed by atoms with Crippen molar-refractivity contribution >= 4 is 5.97 Å². The first-order valence-electron chi connectivity index (χ1n) is 5.95. The van der Waals surface area contributed by atoms with Gasteiger partial charge in [0.25, 0.3) is 0 Å². The molecule has 1 aliphatic heterocycles. The number of carbonyl (C=O) groups is 1. The van der Waals surface area contributed by atoms with Crippen LogP contribution in [0.3, 0.4) is 0 Å². The van der Waals surface area contributed by atoms with Crippen molar-refractivity contribution in [2.75, 3.05) is 6.61 Å². The smallest absolute Gasteiger partial charge is 0.380 e. The fraction of sp³-hybridized carbons (Fsp3) is 0.750. The largest absolute Gasteiger partial charge is 0.461 e. The Kier molecular flexibility index (Phi) is 4.09. The quantitative estimate of drug-likeness (QED) is 0.780. The lowest BCUT2D eigenvalue weighted by Crippen LogP contribution is -2.55. The average Bonchev–Trinajstić information content (AvgIpc) is 2.69. The molecule has 110 valence electrons. The van der Waals surface area contributed by atoms with Crippen LogP contribution < -0.4 is 0 Å². The van der Waals surface area contributed by atoms with Crippen molar-refractivity contribution in [2.45, 2.75) is 51.4 Å². The minimum Gasteiger partial charge on any atom is -0.461 e. The zero-order valence-electron chi connectivity index (χ0n) is 11.3. The van der Waals surface area contributed by atoms with Crippen LogP contribution in [0.4, 0.5) is 8.78 Å². The number of esters is 1. The molecule has 1 heterocycles. The molecule has 5 nitrogen and oxygen atoms in total. The monoisotopic (exact) mass is 280 g/mol.